The third-order valence-electron chi connectivity index (χ3n) is 4.94. The molecule has 0 radical (unpaired) electrons. The monoisotopic (exact) mass is 411 g/mol. The Bertz CT molecular complexity index is 947. The maximum absolute atomic E-state index is 11.5. The van der Waals surface area contributed by atoms with E-state index in [9.17, 15) is 4.79 Å². The van der Waals surface area contributed by atoms with E-state index in [2.05, 4.69) is 68.0 Å². The van der Waals surface area contributed by atoms with E-state index in [4.69, 9.17) is 10.7 Å². The Morgan fingerprint density at radius 1 is 1.21 bits per heavy atom. The lowest BCUT2D eigenvalue weighted by Gasteiger charge is -2.38. The Labute approximate surface area is 176 Å². The van der Waals surface area contributed by atoms with Crippen molar-refractivity contribution in [2.45, 2.75) is 59.5 Å². The lowest BCUT2D eigenvalue weighted by Crippen LogP contribution is -2.39. The molecule has 3 rings (SSSR count). The number of thiazole rings is 1. The van der Waals surface area contributed by atoms with Gasteiger partial charge in [0.2, 0.25) is 0 Å². The number of para-hydroxylation sites is 1. The molecule has 0 saturated carbocycles. The van der Waals surface area contributed by atoms with Crippen molar-refractivity contribution in [3.63, 3.8) is 0 Å². The van der Waals surface area contributed by atoms with Crippen molar-refractivity contribution in [2.24, 2.45) is 10.7 Å². The summed E-state index contributed by atoms with van der Waals surface area (Å²) in [5.74, 6) is 1.16. The average molecular weight is 412 g/mol. The number of aliphatic imine (C=N–C) groups is 1. The minimum atomic E-state index is -0.469. The van der Waals surface area contributed by atoms with E-state index in [0.717, 1.165) is 11.5 Å². The molecule has 6 nitrogen and oxygen atoms in total. The van der Waals surface area contributed by atoms with Crippen LogP contribution in [0, 0.1) is 0 Å². The zero-order chi connectivity index (χ0) is 21.3. The van der Waals surface area contributed by atoms with Crippen LogP contribution in [0.15, 0.2) is 41.3 Å². The third-order valence-corrected chi connectivity index (χ3v) is 5.86. The number of hydrogen-bond acceptors (Lipinski definition) is 6. The number of allylic oxidation sites excluding steroid dienone is 1. The van der Waals surface area contributed by atoms with Gasteiger partial charge in [0.25, 0.3) is 5.91 Å². The van der Waals surface area contributed by atoms with Crippen LogP contribution >= 0.6 is 11.3 Å². The smallest absolute Gasteiger partial charge is 0.260 e. The summed E-state index contributed by atoms with van der Waals surface area (Å²) in [6.07, 6.45) is 3.46. The summed E-state index contributed by atoms with van der Waals surface area (Å²) in [6, 6.07) is 6.51. The van der Waals surface area contributed by atoms with Gasteiger partial charge < -0.3 is 16.0 Å². The largest absolute Gasteiger partial charge is 0.365 e. The molecule has 1 unspecified atom stereocenters. The summed E-state index contributed by atoms with van der Waals surface area (Å²) in [4.78, 5) is 23.3. The predicted molar refractivity (Wildman–Crippen MR) is 122 cm³/mol. The molecule has 0 bridgehead atoms. The van der Waals surface area contributed by atoms with Crippen molar-refractivity contribution in [1.29, 1.82) is 0 Å². The fourth-order valence-corrected chi connectivity index (χ4v) is 4.28. The molecule has 1 aromatic heterocycles. The predicted octanol–water partition coefficient (Wildman–Crippen LogP) is 5.07. The first-order valence-electron chi connectivity index (χ1n) is 9.89. The molecular formula is C22H29N5OS. The quantitative estimate of drug-likeness (QED) is 0.695. The van der Waals surface area contributed by atoms with Crippen molar-refractivity contribution in [1.82, 2.24) is 4.98 Å². The van der Waals surface area contributed by atoms with Crippen LogP contribution < -0.4 is 16.0 Å². The molecule has 1 amide bonds. The van der Waals surface area contributed by atoms with E-state index in [-0.39, 0.29) is 6.17 Å². The van der Waals surface area contributed by atoms with Crippen LogP contribution in [0.1, 0.15) is 74.2 Å². The average Bonchev–Trinajstić information content (AvgIpc) is 3.09. The van der Waals surface area contributed by atoms with Gasteiger partial charge in [-0.05, 0) is 42.9 Å². The van der Waals surface area contributed by atoms with Crippen LogP contribution in [0.4, 0.5) is 10.8 Å². The van der Waals surface area contributed by atoms with Crippen molar-refractivity contribution < 1.29 is 4.79 Å². The number of benzene rings is 1. The van der Waals surface area contributed by atoms with E-state index in [0.29, 0.717) is 21.8 Å². The summed E-state index contributed by atoms with van der Waals surface area (Å²) < 4.78 is 0. The number of nitrogens with two attached hydrogens (primary N) is 1. The Hall–Kier alpha value is -2.67. The van der Waals surface area contributed by atoms with Crippen LogP contribution in [-0.2, 0) is 0 Å². The number of amides is 1. The van der Waals surface area contributed by atoms with Crippen LogP contribution in [0.2, 0.25) is 0 Å². The van der Waals surface area contributed by atoms with E-state index < -0.39 is 5.91 Å². The summed E-state index contributed by atoms with van der Waals surface area (Å²) in [7, 11) is 0. The van der Waals surface area contributed by atoms with Crippen molar-refractivity contribution in [3.8, 4) is 0 Å². The second-order valence-electron chi connectivity index (χ2n) is 7.92. The van der Waals surface area contributed by atoms with Gasteiger partial charge in [0.15, 0.2) is 5.13 Å². The highest BCUT2D eigenvalue weighted by Crippen LogP contribution is 2.39. The maximum Gasteiger partial charge on any atom is 0.260 e. The summed E-state index contributed by atoms with van der Waals surface area (Å²) >= 11 is 1.25. The third kappa shape index (κ3) is 4.34. The number of hydrogen-bond donors (Lipinski definition) is 2. The molecule has 1 atom stereocenters. The van der Waals surface area contributed by atoms with Crippen molar-refractivity contribution in [2.75, 3.05) is 10.2 Å². The molecule has 1 aliphatic rings. The number of nitrogens with one attached hydrogen (secondary N) is 1. The highest BCUT2D eigenvalue weighted by molar-refractivity contribution is 7.17. The molecule has 1 aliphatic heterocycles. The van der Waals surface area contributed by atoms with Gasteiger partial charge in [-0.2, -0.15) is 0 Å². The molecule has 1 aromatic carbocycles. The Balaban J connectivity index is 2.11. The molecule has 2 aromatic rings. The number of aromatic nitrogens is 1. The van der Waals surface area contributed by atoms with Gasteiger partial charge in [0, 0.05) is 5.71 Å². The van der Waals surface area contributed by atoms with Gasteiger partial charge in [0.05, 0.1) is 11.9 Å². The Morgan fingerprint density at radius 2 is 1.83 bits per heavy atom. The zero-order valence-corrected chi connectivity index (χ0v) is 18.7. The topological polar surface area (TPSA) is 83.6 Å². The van der Waals surface area contributed by atoms with Crippen molar-refractivity contribution in [3.05, 3.63) is 52.3 Å². The van der Waals surface area contributed by atoms with Crippen LogP contribution in [0.25, 0.3) is 0 Å². The number of anilines is 2. The number of carbonyl (C=O) groups excluding carboxylic acids is 1. The summed E-state index contributed by atoms with van der Waals surface area (Å²) in [5, 5.41) is 4.03. The Kier molecular flexibility index (Phi) is 6.07. The zero-order valence-electron chi connectivity index (χ0n) is 17.9. The molecule has 154 valence electrons. The maximum atomic E-state index is 11.5. The molecule has 0 fully saturated rings. The first-order chi connectivity index (χ1) is 13.7. The molecule has 3 N–H and O–H groups in total. The van der Waals surface area contributed by atoms with Gasteiger partial charge in [-0.3, -0.25) is 9.79 Å². The molecule has 2 heterocycles. The highest BCUT2D eigenvalue weighted by Gasteiger charge is 2.28. The number of rotatable bonds is 6. The summed E-state index contributed by atoms with van der Waals surface area (Å²) in [6.45, 7) is 12.9. The fraction of sp³-hybridized carbons (Fsp3) is 0.409. The normalized spacial score (nSPS) is 16.8. The van der Waals surface area contributed by atoms with Gasteiger partial charge >= 0.3 is 0 Å². The molecular weight excluding hydrogens is 382 g/mol. The van der Waals surface area contributed by atoms with Gasteiger partial charge in [-0.15, -0.1) is 0 Å². The highest BCUT2D eigenvalue weighted by atomic mass is 32.1. The van der Waals surface area contributed by atoms with Crippen LogP contribution in [-0.4, -0.2) is 22.8 Å². The van der Waals surface area contributed by atoms with E-state index in [1.807, 2.05) is 13.0 Å². The molecule has 0 aliphatic carbocycles. The standard InChI is InChI=1S/C22H29N5OS/c1-12(2)16-8-7-9-17(13(3)4)20(16)27-15(6)25-14(5)10-19(27)26-22-24-11-18(29-22)21(23)28/h7-13,15H,1-6H3,(H2,23,28)(H,24,26). The second-order valence-corrected chi connectivity index (χ2v) is 8.95. The summed E-state index contributed by atoms with van der Waals surface area (Å²) in [5.41, 5.74) is 10.1. The number of nitrogens with zero attached hydrogens (tertiary/aromatic N) is 3. The SMILES string of the molecule is CC1=NC(C)N(c2c(C(C)C)cccc2C(C)C)C(Nc2ncc(C(N)=O)s2)=C1. The number of carbonyl (C=O) groups is 1. The molecule has 29 heavy (non-hydrogen) atoms. The van der Waals surface area contributed by atoms with Crippen molar-refractivity contribution >= 4 is 33.8 Å². The number of primary amides is 1. The van der Waals surface area contributed by atoms with Crippen LogP contribution in [0.3, 0.4) is 0 Å². The Morgan fingerprint density at radius 3 is 2.34 bits per heavy atom. The lowest BCUT2D eigenvalue weighted by molar-refractivity contribution is 0.100. The van der Waals surface area contributed by atoms with Crippen LogP contribution in [0.5, 0.6) is 0 Å². The second kappa shape index (κ2) is 8.37. The van der Waals surface area contributed by atoms with Gasteiger partial charge in [0.1, 0.15) is 16.9 Å². The minimum Gasteiger partial charge on any atom is -0.365 e. The van der Waals surface area contributed by atoms with Gasteiger partial charge in [-0.25, -0.2) is 4.98 Å². The molecule has 7 heteroatoms. The lowest BCUT2D eigenvalue weighted by atomic mass is 9.91. The molecule has 0 saturated heterocycles. The van der Waals surface area contributed by atoms with Gasteiger partial charge in [-0.1, -0.05) is 57.2 Å². The molecule has 0 spiro atoms. The fourth-order valence-electron chi connectivity index (χ4n) is 3.61. The van der Waals surface area contributed by atoms with E-state index >= 15 is 0 Å². The first-order valence-corrected chi connectivity index (χ1v) is 10.7. The van der Waals surface area contributed by atoms with E-state index in [1.165, 1.54) is 34.3 Å². The first kappa shape index (κ1) is 21.0. The van der Waals surface area contributed by atoms with E-state index in [1.54, 1.807) is 0 Å². The minimum absolute atomic E-state index is 0.0736.